The van der Waals surface area contributed by atoms with Crippen molar-refractivity contribution in [2.75, 3.05) is 0 Å². The van der Waals surface area contributed by atoms with Gasteiger partial charge in [-0.15, -0.1) is 0 Å². The second-order valence-electron chi connectivity index (χ2n) is 7.84. The van der Waals surface area contributed by atoms with Gasteiger partial charge in [-0.2, -0.15) is 5.26 Å². The van der Waals surface area contributed by atoms with Crippen molar-refractivity contribution in [2.45, 2.75) is 39.0 Å². The molecule has 1 heterocycles. The molecule has 1 N–H and O–H groups in total. The Balaban J connectivity index is 1.56. The highest BCUT2D eigenvalue weighted by molar-refractivity contribution is 5.83. The van der Waals surface area contributed by atoms with Gasteiger partial charge in [0.15, 0.2) is 0 Å². The van der Waals surface area contributed by atoms with E-state index in [0.29, 0.717) is 31.6 Å². The van der Waals surface area contributed by atoms with Crippen LogP contribution >= 0.6 is 0 Å². The number of aryl methyl sites for hydroxylation is 1. The summed E-state index contributed by atoms with van der Waals surface area (Å²) in [7, 11) is 0. The highest BCUT2D eigenvalue weighted by Crippen LogP contribution is 2.22. The molecule has 4 nitrogen and oxygen atoms in total. The number of nitrogens with zero attached hydrogens (tertiary/aromatic N) is 2. The summed E-state index contributed by atoms with van der Waals surface area (Å²) in [5.41, 5.74) is 6.51. The number of fused-ring (bicyclic) bond motifs is 1. The van der Waals surface area contributed by atoms with E-state index in [-0.39, 0.29) is 11.9 Å². The number of hydrogen-bond acceptors (Lipinski definition) is 3. The summed E-state index contributed by atoms with van der Waals surface area (Å²) >= 11 is 0. The Hall–Kier alpha value is -3.42. The lowest BCUT2D eigenvalue weighted by atomic mass is 10.0. The molecule has 1 amide bonds. The highest BCUT2D eigenvalue weighted by atomic mass is 16.2. The first-order valence-electron chi connectivity index (χ1n) is 10.3. The molecule has 0 fully saturated rings. The lowest BCUT2D eigenvalue weighted by Gasteiger charge is -2.26. The lowest BCUT2D eigenvalue weighted by molar-refractivity contribution is -0.134. The van der Waals surface area contributed by atoms with Crippen molar-refractivity contribution in [2.24, 2.45) is 0 Å². The fraction of sp³-hybridized carbons (Fsp3) is 0.231. The largest absolute Gasteiger partial charge is 0.333 e. The molecule has 4 heteroatoms. The van der Waals surface area contributed by atoms with E-state index in [1.165, 1.54) is 22.3 Å². The molecule has 0 aromatic heterocycles. The Morgan fingerprint density at radius 3 is 2.43 bits per heavy atom. The first kappa shape index (κ1) is 19.9. The number of carbonyl (C=O) groups excluding carboxylic acids is 1. The predicted octanol–water partition coefficient (Wildman–Crippen LogP) is 4.11. The van der Waals surface area contributed by atoms with E-state index in [1.807, 2.05) is 53.4 Å². The predicted molar refractivity (Wildman–Crippen MR) is 117 cm³/mol. The summed E-state index contributed by atoms with van der Waals surface area (Å²) in [6, 6.07) is 25.9. The van der Waals surface area contributed by atoms with Gasteiger partial charge in [-0.25, -0.2) is 0 Å². The molecule has 0 saturated heterocycles. The second kappa shape index (κ2) is 8.94. The van der Waals surface area contributed by atoms with Crippen LogP contribution in [0.3, 0.4) is 0 Å². The Labute approximate surface area is 177 Å². The zero-order valence-electron chi connectivity index (χ0n) is 17.1. The van der Waals surface area contributed by atoms with E-state index >= 15 is 0 Å². The molecule has 3 aromatic carbocycles. The van der Waals surface area contributed by atoms with Crippen LogP contribution in [0.5, 0.6) is 0 Å². The molecule has 0 aliphatic carbocycles. The first-order valence-corrected chi connectivity index (χ1v) is 10.3. The fourth-order valence-corrected chi connectivity index (χ4v) is 3.95. The van der Waals surface area contributed by atoms with E-state index in [0.717, 1.165) is 5.56 Å². The van der Waals surface area contributed by atoms with Gasteiger partial charge in [0.2, 0.25) is 5.91 Å². The van der Waals surface area contributed by atoms with Crippen molar-refractivity contribution in [3.8, 4) is 6.07 Å². The Bertz CT molecular complexity index is 1080. The molecular formula is C26H25N3O. The normalized spacial score (nSPS) is 15.9. The van der Waals surface area contributed by atoms with Gasteiger partial charge in [0, 0.05) is 19.6 Å². The Morgan fingerprint density at radius 1 is 1.00 bits per heavy atom. The van der Waals surface area contributed by atoms with Crippen LogP contribution in [0.2, 0.25) is 0 Å². The minimum absolute atomic E-state index is 0.128. The molecule has 0 spiro atoms. The van der Waals surface area contributed by atoms with E-state index < -0.39 is 0 Å². The zero-order valence-corrected chi connectivity index (χ0v) is 17.1. The summed E-state index contributed by atoms with van der Waals surface area (Å²) in [4.78, 5) is 15.4. The van der Waals surface area contributed by atoms with Crippen molar-refractivity contribution < 1.29 is 4.79 Å². The second-order valence-corrected chi connectivity index (χ2v) is 7.84. The SMILES string of the molecule is Cc1ccccc1CN1Cc2ccccc2C[C@H](NCc2ccc(C#N)cc2)C1=O. The third-order valence-corrected chi connectivity index (χ3v) is 5.77. The van der Waals surface area contributed by atoms with Crippen molar-refractivity contribution in [1.29, 1.82) is 5.26 Å². The maximum Gasteiger partial charge on any atom is 0.240 e. The summed E-state index contributed by atoms with van der Waals surface area (Å²) in [6.07, 6.45) is 0.676. The molecule has 150 valence electrons. The minimum atomic E-state index is -0.284. The van der Waals surface area contributed by atoms with Crippen LogP contribution in [-0.4, -0.2) is 16.8 Å². The number of rotatable bonds is 5. The van der Waals surface area contributed by atoms with Crippen molar-refractivity contribution >= 4 is 5.91 Å². The highest BCUT2D eigenvalue weighted by Gasteiger charge is 2.29. The number of nitriles is 1. The fourth-order valence-electron chi connectivity index (χ4n) is 3.95. The van der Waals surface area contributed by atoms with Gasteiger partial charge >= 0.3 is 0 Å². The van der Waals surface area contributed by atoms with Crippen LogP contribution in [0.15, 0.2) is 72.8 Å². The van der Waals surface area contributed by atoms with Crippen LogP contribution < -0.4 is 5.32 Å². The minimum Gasteiger partial charge on any atom is -0.333 e. The third kappa shape index (κ3) is 4.42. The Kier molecular flexibility index (Phi) is 5.92. The van der Waals surface area contributed by atoms with Crippen LogP contribution in [0.4, 0.5) is 0 Å². The molecular weight excluding hydrogens is 370 g/mol. The van der Waals surface area contributed by atoms with Gasteiger partial charge in [-0.05, 0) is 53.3 Å². The Morgan fingerprint density at radius 2 is 1.70 bits per heavy atom. The van der Waals surface area contributed by atoms with E-state index in [9.17, 15) is 4.79 Å². The van der Waals surface area contributed by atoms with Crippen molar-refractivity contribution in [1.82, 2.24) is 10.2 Å². The molecule has 0 unspecified atom stereocenters. The molecule has 30 heavy (non-hydrogen) atoms. The average molecular weight is 396 g/mol. The van der Waals surface area contributed by atoms with E-state index in [1.54, 1.807) is 0 Å². The van der Waals surface area contributed by atoms with Crippen LogP contribution in [0, 0.1) is 18.3 Å². The number of amides is 1. The summed E-state index contributed by atoms with van der Waals surface area (Å²) < 4.78 is 0. The molecule has 0 saturated carbocycles. The van der Waals surface area contributed by atoms with Gasteiger partial charge < -0.3 is 10.2 Å². The van der Waals surface area contributed by atoms with Gasteiger partial charge in [0.05, 0.1) is 17.7 Å². The van der Waals surface area contributed by atoms with Gasteiger partial charge in [0.1, 0.15) is 0 Å². The number of hydrogen-bond donors (Lipinski definition) is 1. The monoisotopic (exact) mass is 395 g/mol. The van der Waals surface area contributed by atoms with Crippen LogP contribution in [0.25, 0.3) is 0 Å². The number of nitrogens with one attached hydrogen (secondary N) is 1. The smallest absolute Gasteiger partial charge is 0.240 e. The number of benzene rings is 3. The van der Waals surface area contributed by atoms with Crippen LogP contribution in [-0.2, 0) is 30.8 Å². The summed E-state index contributed by atoms with van der Waals surface area (Å²) in [5, 5.41) is 12.4. The molecule has 1 aliphatic heterocycles. The standard InChI is InChI=1S/C26H25N3O/c1-19-6-2-3-8-23(19)17-29-18-24-9-5-4-7-22(24)14-25(26(29)30)28-16-21-12-10-20(15-27)11-13-21/h2-13,25,28H,14,16-18H2,1H3/t25-/m0/s1. The first-order chi connectivity index (χ1) is 14.6. The van der Waals surface area contributed by atoms with Gasteiger partial charge in [0.25, 0.3) is 0 Å². The van der Waals surface area contributed by atoms with Gasteiger partial charge in [-0.1, -0.05) is 60.7 Å². The van der Waals surface area contributed by atoms with Crippen molar-refractivity contribution in [3.05, 3.63) is 106 Å². The molecule has 0 radical (unpaired) electrons. The summed E-state index contributed by atoms with van der Waals surface area (Å²) in [6.45, 7) is 3.90. The average Bonchev–Trinajstić information content (AvgIpc) is 2.91. The van der Waals surface area contributed by atoms with E-state index in [2.05, 4.69) is 42.6 Å². The zero-order chi connectivity index (χ0) is 20.9. The molecule has 1 aliphatic rings. The van der Waals surface area contributed by atoms with E-state index in [4.69, 9.17) is 5.26 Å². The maximum atomic E-state index is 13.5. The lowest BCUT2D eigenvalue weighted by Crippen LogP contribution is -2.45. The number of carbonyl (C=O) groups is 1. The van der Waals surface area contributed by atoms with Gasteiger partial charge in [-0.3, -0.25) is 4.79 Å². The molecule has 4 rings (SSSR count). The molecule has 3 aromatic rings. The topological polar surface area (TPSA) is 56.1 Å². The maximum absolute atomic E-state index is 13.5. The molecule has 0 bridgehead atoms. The summed E-state index contributed by atoms with van der Waals surface area (Å²) in [5.74, 6) is 0.128. The van der Waals surface area contributed by atoms with Crippen LogP contribution in [0.1, 0.15) is 33.4 Å². The quantitative estimate of drug-likeness (QED) is 0.707. The molecule has 1 atom stereocenters. The van der Waals surface area contributed by atoms with Crippen molar-refractivity contribution in [3.63, 3.8) is 0 Å². The third-order valence-electron chi connectivity index (χ3n) is 5.77.